The number of thiophene rings is 1. The van der Waals surface area contributed by atoms with E-state index >= 15 is 0 Å². The number of hydrogen-bond acceptors (Lipinski definition) is 3. The zero-order valence-corrected chi connectivity index (χ0v) is 12.2. The van der Waals surface area contributed by atoms with Gasteiger partial charge in [0.2, 0.25) is 5.91 Å². The first-order valence-corrected chi connectivity index (χ1v) is 7.50. The van der Waals surface area contributed by atoms with Crippen molar-refractivity contribution in [2.45, 2.75) is 38.5 Å². The highest BCUT2D eigenvalue weighted by Crippen LogP contribution is 2.21. The molecule has 1 rings (SSSR count). The Morgan fingerprint density at radius 3 is 2.58 bits per heavy atom. The second-order valence-corrected chi connectivity index (χ2v) is 6.09. The molecule has 0 aliphatic carbocycles. The second-order valence-electron chi connectivity index (χ2n) is 4.29. The van der Waals surface area contributed by atoms with Crippen molar-refractivity contribution in [3.63, 3.8) is 0 Å². The molecule has 1 aromatic heterocycles. The number of carboxylic acids is 1. The van der Waals surface area contributed by atoms with Crippen molar-refractivity contribution in [2.75, 3.05) is 6.54 Å². The van der Waals surface area contributed by atoms with Gasteiger partial charge in [0.15, 0.2) is 0 Å². The number of carboxylic acid groups (broad SMARTS) is 1. The number of halogens is 1. The number of hydrogen-bond donors (Lipinski definition) is 2. The molecule has 0 aliphatic rings. The van der Waals surface area contributed by atoms with E-state index in [1.54, 1.807) is 6.07 Å². The van der Waals surface area contributed by atoms with E-state index in [9.17, 15) is 9.59 Å². The van der Waals surface area contributed by atoms with Crippen molar-refractivity contribution in [1.82, 2.24) is 5.32 Å². The number of unbranched alkanes of at least 4 members (excludes halogenated alkanes) is 3. The number of nitrogens with one attached hydrogen (secondary N) is 1. The lowest BCUT2D eigenvalue weighted by Crippen LogP contribution is -2.25. The number of amides is 1. The van der Waals surface area contributed by atoms with Crippen LogP contribution in [0.5, 0.6) is 0 Å². The van der Waals surface area contributed by atoms with Crippen molar-refractivity contribution >= 4 is 34.8 Å². The lowest BCUT2D eigenvalue weighted by Gasteiger charge is -2.04. The van der Waals surface area contributed by atoms with Gasteiger partial charge in [0.1, 0.15) is 0 Å². The summed E-state index contributed by atoms with van der Waals surface area (Å²) in [5.74, 6) is -0.744. The average Bonchev–Trinajstić information content (AvgIpc) is 2.73. The highest BCUT2D eigenvalue weighted by Gasteiger charge is 2.05. The van der Waals surface area contributed by atoms with Crippen LogP contribution in [0.25, 0.3) is 0 Å². The number of rotatable bonds is 9. The summed E-state index contributed by atoms with van der Waals surface area (Å²) >= 11 is 7.20. The van der Waals surface area contributed by atoms with Crippen LogP contribution in [-0.4, -0.2) is 23.5 Å². The molecule has 0 fully saturated rings. The van der Waals surface area contributed by atoms with Crippen molar-refractivity contribution in [1.29, 1.82) is 0 Å². The monoisotopic (exact) mass is 303 g/mol. The molecule has 0 saturated carbocycles. The summed E-state index contributed by atoms with van der Waals surface area (Å²) in [5.41, 5.74) is 0. The van der Waals surface area contributed by atoms with Crippen LogP contribution in [0.15, 0.2) is 12.1 Å². The molecular weight excluding hydrogens is 286 g/mol. The van der Waals surface area contributed by atoms with Crippen LogP contribution in [-0.2, 0) is 16.0 Å². The number of carbonyl (C=O) groups excluding carboxylic acids is 1. The molecule has 0 radical (unpaired) electrons. The first kappa shape index (κ1) is 16.0. The molecule has 4 nitrogen and oxygen atoms in total. The molecule has 2 N–H and O–H groups in total. The predicted octanol–water partition coefficient (Wildman–Crippen LogP) is 3.10. The maximum atomic E-state index is 11.6. The Kier molecular flexibility index (Phi) is 7.52. The van der Waals surface area contributed by atoms with E-state index in [2.05, 4.69) is 5.32 Å². The van der Waals surface area contributed by atoms with E-state index in [0.29, 0.717) is 23.7 Å². The maximum absolute atomic E-state index is 11.6. The maximum Gasteiger partial charge on any atom is 0.303 e. The third-order valence-corrected chi connectivity index (χ3v) is 3.83. The molecule has 0 aliphatic heterocycles. The fraction of sp³-hybridized carbons (Fsp3) is 0.538. The summed E-state index contributed by atoms with van der Waals surface area (Å²) in [4.78, 5) is 22.8. The Labute approximate surface area is 121 Å². The van der Waals surface area contributed by atoms with Gasteiger partial charge < -0.3 is 10.4 Å². The lowest BCUT2D eigenvalue weighted by atomic mass is 10.1. The summed E-state index contributed by atoms with van der Waals surface area (Å²) in [6.07, 6.45) is 4.02. The lowest BCUT2D eigenvalue weighted by molar-refractivity contribution is -0.137. The SMILES string of the molecule is O=C(O)CCCCCCNC(=O)Cc1ccc(Cl)s1. The van der Waals surface area contributed by atoms with Crippen molar-refractivity contribution in [3.05, 3.63) is 21.3 Å². The van der Waals surface area contributed by atoms with Gasteiger partial charge in [-0.15, -0.1) is 11.3 Å². The predicted molar refractivity (Wildman–Crippen MR) is 76.8 cm³/mol. The first-order valence-electron chi connectivity index (χ1n) is 6.30. The quantitative estimate of drug-likeness (QED) is 0.689. The topological polar surface area (TPSA) is 66.4 Å². The van der Waals surface area contributed by atoms with E-state index in [-0.39, 0.29) is 12.3 Å². The second kappa shape index (κ2) is 8.93. The van der Waals surface area contributed by atoms with E-state index < -0.39 is 5.97 Å². The normalized spacial score (nSPS) is 10.4. The Morgan fingerprint density at radius 1 is 1.21 bits per heavy atom. The average molecular weight is 304 g/mol. The van der Waals surface area contributed by atoms with Crippen LogP contribution in [0.4, 0.5) is 0 Å². The van der Waals surface area contributed by atoms with Gasteiger partial charge in [0, 0.05) is 17.8 Å². The smallest absolute Gasteiger partial charge is 0.303 e. The molecule has 0 bridgehead atoms. The Bertz CT molecular complexity index is 420. The molecule has 0 saturated heterocycles. The third-order valence-electron chi connectivity index (χ3n) is 2.60. The molecule has 106 valence electrons. The summed E-state index contributed by atoms with van der Waals surface area (Å²) in [5, 5.41) is 11.3. The van der Waals surface area contributed by atoms with Crippen molar-refractivity contribution < 1.29 is 14.7 Å². The molecule has 1 heterocycles. The molecule has 0 spiro atoms. The zero-order chi connectivity index (χ0) is 14.1. The Hall–Kier alpha value is -1.07. The van der Waals surface area contributed by atoms with Crippen LogP contribution in [0.3, 0.4) is 0 Å². The molecule has 0 unspecified atom stereocenters. The van der Waals surface area contributed by atoms with Crippen LogP contribution >= 0.6 is 22.9 Å². The molecule has 1 aromatic rings. The zero-order valence-electron chi connectivity index (χ0n) is 10.7. The van der Waals surface area contributed by atoms with Crippen LogP contribution in [0.2, 0.25) is 4.34 Å². The van der Waals surface area contributed by atoms with Crippen LogP contribution in [0.1, 0.15) is 37.0 Å². The Morgan fingerprint density at radius 2 is 1.95 bits per heavy atom. The van der Waals surface area contributed by atoms with Gasteiger partial charge in [0.25, 0.3) is 0 Å². The molecular formula is C13H18ClNO3S. The van der Waals surface area contributed by atoms with Crippen molar-refractivity contribution in [3.8, 4) is 0 Å². The standard InChI is InChI=1S/C13H18ClNO3S/c14-11-7-6-10(19-11)9-12(16)15-8-4-2-1-3-5-13(17)18/h6-7H,1-5,8-9H2,(H,15,16)(H,17,18). The van der Waals surface area contributed by atoms with Gasteiger partial charge in [0.05, 0.1) is 10.8 Å². The van der Waals surface area contributed by atoms with E-state index in [4.69, 9.17) is 16.7 Å². The van der Waals surface area contributed by atoms with E-state index in [1.165, 1.54) is 11.3 Å². The highest BCUT2D eigenvalue weighted by molar-refractivity contribution is 7.16. The molecule has 0 aromatic carbocycles. The largest absolute Gasteiger partial charge is 0.481 e. The molecule has 1 amide bonds. The first-order chi connectivity index (χ1) is 9.08. The van der Waals surface area contributed by atoms with Gasteiger partial charge in [-0.3, -0.25) is 9.59 Å². The molecule has 0 atom stereocenters. The van der Waals surface area contributed by atoms with Gasteiger partial charge in [-0.05, 0) is 25.0 Å². The van der Waals surface area contributed by atoms with Gasteiger partial charge in [-0.1, -0.05) is 24.4 Å². The van der Waals surface area contributed by atoms with E-state index in [1.807, 2.05) is 6.07 Å². The fourth-order valence-electron chi connectivity index (χ4n) is 1.65. The molecule has 19 heavy (non-hydrogen) atoms. The summed E-state index contributed by atoms with van der Waals surface area (Å²) in [6.45, 7) is 0.644. The fourth-order valence-corrected chi connectivity index (χ4v) is 2.74. The van der Waals surface area contributed by atoms with Crippen LogP contribution < -0.4 is 5.32 Å². The number of carbonyl (C=O) groups is 2. The highest BCUT2D eigenvalue weighted by atomic mass is 35.5. The minimum Gasteiger partial charge on any atom is -0.481 e. The van der Waals surface area contributed by atoms with Gasteiger partial charge in [-0.2, -0.15) is 0 Å². The molecule has 6 heteroatoms. The van der Waals surface area contributed by atoms with Crippen molar-refractivity contribution in [2.24, 2.45) is 0 Å². The minimum atomic E-state index is -0.747. The number of aliphatic carboxylic acids is 1. The summed E-state index contributed by atoms with van der Waals surface area (Å²) in [7, 11) is 0. The van der Waals surface area contributed by atoms with Gasteiger partial charge >= 0.3 is 5.97 Å². The third kappa shape index (κ3) is 7.85. The summed E-state index contributed by atoms with van der Waals surface area (Å²) in [6, 6.07) is 3.65. The van der Waals surface area contributed by atoms with E-state index in [0.717, 1.165) is 24.1 Å². The van der Waals surface area contributed by atoms with Crippen LogP contribution in [0, 0.1) is 0 Å². The van der Waals surface area contributed by atoms with Gasteiger partial charge in [-0.25, -0.2) is 0 Å². The summed E-state index contributed by atoms with van der Waals surface area (Å²) < 4.78 is 0.696. The Balaban J connectivity index is 2.00. The minimum absolute atomic E-state index is 0.00375.